The van der Waals surface area contributed by atoms with Gasteiger partial charge in [-0.2, -0.15) is 0 Å². The van der Waals surface area contributed by atoms with Crippen molar-refractivity contribution in [2.45, 2.75) is 32.5 Å². The summed E-state index contributed by atoms with van der Waals surface area (Å²) < 4.78 is 7.15. The molecule has 7 heteroatoms. The lowest BCUT2D eigenvalue weighted by Gasteiger charge is -2.32. The van der Waals surface area contributed by atoms with Crippen molar-refractivity contribution in [1.82, 2.24) is 24.6 Å². The first-order chi connectivity index (χ1) is 13.2. The van der Waals surface area contributed by atoms with Crippen molar-refractivity contribution in [2.75, 3.05) is 7.11 Å². The van der Waals surface area contributed by atoms with Crippen LogP contribution in [0.15, 0.2) is 48.8 Å². The number of methoxy groups -OCH3 is 1. The van der Waals surface area contributed by atoms with Crippen LogP contribution in [0.3, 0.4) is 0 Å². The third-order valence-electron chi connectivity index (χ3n) is 4.84. The van der Waals surface area contributed by atoms with E-state index in [9.17, 15) is 4.79 Å². The van der Waals surface area contributed by atoms with Gasteiger partial charge in [-0.25, -0.2) is 0 Å². The van der Waals surface area contributed by atoms with Crippen molar-refractivity contribution < 1.29 is 9.53 Å². The number of hydrogen-bond acceptors (Lipinski definition) is 5. The molecule has 0 aliphatic carbocycles. The minimum absolute atomic E-state index is 0.0746. The van der Waals surface area contributed by atoms with Gasteiger partial charge < -0.3 is 14.2 Å². The molecule has 27 heavy (non-hydrogen) atoms. The maximum atomic E-state index is 12.9. The van der Waals surface area contributed by atoms with E-state index in [4.69, 9.17) is 4.74 Å². The highest BCUT2D eigenvalue weighted by Gasteiger charge is 2.33. The molecule has 138 valence electrons. The standard InChI is InChI=1S/C20H21N5O2/c1-14-20(26)24(12-15-5-7-17(27-2)8-6-15)13-19-23-22-18(25(14)19)10-16-4-3-9-21-11-16/h3-9,11,14H,10,12-13H2,1-2H3/t14-/m0/s1. The Kier molecular flexibility index (Phi) is 4.58. The second-order valence-corrected chi connectivity index (χ2v) is 6.66. The lowest BCUT2D eigenvalue weighted by Crippen LogP contribution is -2.41. The van der Waals surface area contributed by atoms with E-state index in [1.807, 2.05) is 59.0 Å². The number of amides is 1. The molecule has 0 radical (unpaired) electrons. The second kappa shape index (κ2) is 7.19. The van der Waals surface area contributed by atoms with Gasteiger partial charge in [-0.15, -0.1) is 10.2 Å². The van der Waals surface area contributed by atoms with Crippen LogP contribution in [0.25, 0.3) is 0 Å². The fourth-order valence-corrected chi connectivity index (χ4v) is 3.43. The monoisotopic (exact) mass is 363 g/mol. The van der Waals surface area contributed by atoms with Gasteiger partial charge >= 0.3 is 0 Å². The molecule has 0 unspecified atom stereocenters. The van der Waals surface area contributed by atoms with Crippen LogP contribution < -0.4 is 4.74 Å². The van der Waals surface area contributed by atoms with Crippen molar-refractivity contribution in [3.8, 4) is 5.75 Å². The number of ether oxygens (including phenoxy) is 1. The maximum absolute atomic E-state index is 12.9. The van der Waals surface area contributed by atoms with Crippen LogP contribution in [0.1, 0.15) is 35.7 Å². The zero-order valence-electron chi connectivity index (χ0n) is 15.4. The van der Waals surface area contributed by atoms with E-state index in [0.717, 1.165) is 28.5 Å². The number of aromatic nitrogens is 4. The molecule has 0 saturated heterocycles. The van der Waals surface area contributed by atoms with Gasteiger partial charge in [-0.1, -0.05) is 18.2 Å². The summed E-state index contributed by atoms with van der Waals surface area (Å²) in [6.45, 7) is 2.90. The number of benzene rings is 1. The summed E-state index contributed by atoms with van der Waals surface area (Å²) in [5.74, 6) is 2.49. The van der Waals surface area contributed by atoms with E-state index in [2.05, 4.69) is 15.2 Å². The summed E-state index contributed by atoms with van der Waals surface area (Å²) >= 11 is 0. The van der Waals surface area contributed by atoms with E-state index in [1.54, 1.807) is 13.3 Å². The Morgan fingerprint density at radius 2 is 1.96 bits per heavy atom. The lowest BCUT2D eigenvalue weighted by atomic mass is 10.1. The Morgan fingerprint density at radius 1 is 1.15 bits per heavy atom. The Labute approximate surface area is 157 Å². The predicted octanol–water partition coefficient (Wildman–Crippen LogP) is 2.38. The van der Waals surface area contributed by atoms with Crippen LogP contribution in [-0.2, 0) is 24.3 Å². The van der Waals surface area contributed by atoms with Crippen LogP contribution in [0.4, 0.5) is 0 Å². The molecule has 0 spiro atoms. The average Bonchev–Trinajstić information content (AvgIpc) is 3.09. The molecular weight excluding hydrogens is 342 g/mol. The van der Waals surface area contributed by atoms with Crippen LogP contribution in [0.2, 0.25) is 0 Å². The van der Waals surface area contributed by atoms with Crippen molar-refractivity contribution in [1.29, 1.82) is 0 Å². The molecule has 7 nitrogen and oxygen atoms in total. The number of pyridine rings is 1. The Balaban J connectivity index is 1.55. The quantitative estimate of drug-likeness (QED) is 0.696. The highest BCUT2D eigenvalue weighted by Crippen LogP contribution is 2.25. The van der Waals surface area contributed by atoms with Gasteiger partial charge in [0.15, 0.2) is 5.82 Å². The zero-order chi connectivity index (χ0) is 18.8. The molecule has 1 aliphatic rings. The van der Waals surface area contributed by atoms with Crippen LogP contribution in [0, 0.1) is 0 Å². The van der Waals surface area contributed by atoms with E-state index in [0.29, 0.717) is 19.5 Å². The van der Waals surface area contributed by atoms with Crippen molar-refractivity contribution in [3.05, 3.63) is 71.6 Å². The number of fused-ring (bicyclic) bond motifs is 1. The number of carbonyl (C=O) groups excluding carboxylic acids is 1. The third kappa shape index (κ3) is 3.40. The molecule has 0 bridgehead atoms. The molecule has 3 aromatic rings. The maximum Gasteiger partial charge on any atom is 0.246 e. The van der Waals surface area contributed by atoms with E-state index in [1.165, 1.54) is 0 Å². The largest absolute Gasteiger partial charge is 0.497 e. The highest BCUT2D eigenvalue weighted by atomic mass is 16.5. The summed E-state index contributed by atoms with van der Waals surface area (Å²) in [5.41, 5.74) is 2.10. The molecule has 1 aliphatic heterocycles. The van der Waals surface area contributed by atoms with Crippen LogP contribution >= 0.6 is 0 Å². The van der Waals surface area contributed by atoms with E-state index >= 15 is 0 Å². The number of nitrogens with zero attached hydrogens (tertiary/aromatic N) is 5. The molecule has 1 amide bonds. The molecule has 0 fully saturated rings. The molecule has 1 atom stereocenters. The highest BCUT2D eigenvalue weighted by molar-refractivity contribution is 5.81. The Bertz CT molecular complexity index is 937. The number of rotatable bonds is 5. The minimum atomic E-state index is -0.325. The van der Waals surface area contributed by atoms with Crippen LogP contribution in [-0.4, -0.2) is 37.7 Å². The predicted molar refractivity (Wildman–Crippen MR) is 99.0 cm³/mol. The fourth-order valence-electron chi connectivity index (χ4n) is 3.43. The lowest BCUT2D eigenvalue weighted by molar-refractivity contribution is -0.137. The summed E-state index contributed by atoms with van der Waals surface area (Å²) in [6, 6.07) is 11.3. The van der Waals surface area contributed by atoms with Gasteiger partial charge in [0.25, 0.3) is 0 Å². The normalized spacial score (nSPS) is 16.3. The molecule has 1 aromatic carbocycles. The number of carbonyl (C=O) groups is 1. The summed E-state index contributed by atoms with van der Waals surface area (Å²) in [7, 11) is 1.64. The average molecular weight is 363 g/mol. The Morgan fingerprint density at radius 3 is 2.67 bits per heavy atom. The van der Waals surface area contributed by atoms with Gasteiger partial charge in [0.1, 0.15) is 17.6 Å². The second-order valence-electron chi connectivity index (χ2n) is 6.66. The topological polar surface area (TPSA) is 73.1 Å². The van der Waals surface area contributed by atoms with Crippen molar-refractivity contribution >= 4 is 5.91 Å². The first-order valence-electron chi connectivity index (χ1n) is 8.89. The molecular formula is C20H21N5O2. The molecule has 3 heterocycles. The molecule has 0 N–H and O–H groups in total. The first-order valence-corrected chi connectivity index (χ1v) is 8.89. The summed E-state index contributed by atoms with van der Waals surface area (Å²) in [6.07, 6.45) is 4.16. The summed E-state index contributed by atoms with van der Waals surface area (Å²) in [5, 5.41) is 8.67. The smallest absolute Gasteiger partial charge is 0.246 e. The van der Waals surface area contributed by atoms with Crippen molar-refractivity contribution in [2.24, 2.45) is 0 Å². The zero-order valence-corrected chi connectivity index (χ0v) is 15.4. The third-order valence-corrected chi connectivity index (χ3v) is 4.84. The number of hydrogen-bond donors (Lipinski definition) is 0. The van der Waals surface area contributed by atoms with E-state index < -0.39 is 0 Å². The van der Waals surface area contributed by atoms with E-state index in [-0.39, 0.29) is 11.9 Å². The first kappa shape index (κ1) is 17.2. The van der Waals surface area contributed by atoms with Crippen molar-refractivity contribution in [3.63, 3.8) is 0 Å². The Hall–Kier alpha value is -3.22. The van der Waals surface area contributed by atoms with Gasteiger partial charge in [0.05, 0.1) is 13.7 Å². The van der Waals surface area contributed by atoms with Gasteiger partial charge in [0, 0.05) is 25.4 Å². The minimum Gasteiger partial charge on any atom is -0.497 e. The summed E-state index contributed by atoms with van der Waals surface area (Å²) in [4.78, 5) is 18.9. The SMILES string of the molecule is COc1ccc(CN2Cc3nnc(Cc4cccnc4)n3[C@@H](C)C2=O)cc1. The van der Waals surface area contributed by atoms with Crippen LogP contribution in [0.5, 0.6) is 5.75 Å². The molecule has 4 rings (SSSR count). The van der Waals surface area contributed by atoms with Gasteiger partial charge in [-0.05, 0) is 36.2 Å². The van der Waals surface area contributed by atoms with Gasteiger partial charge in [-0.3, -0.25) is 9.78 Å². The molecule has 0 saturated carbocycles. The molecule has 2 aromatic heterocycles. The van der Waals surface area contributed by atoms with Gasteiger partial charge in [0.2, 0.25) is 5.91 Å². The fraction of sp³-hybridized carbons (Fsp3) is 0.300.